The van der Waals surface area contributed by atoms with Crippen molar-refractivity contribution in [3.8, 4) is 0 Å². The summed E-state index contributed by atoms with van der Waals surface area (Å²) < 4.78 is 0. The van der Waals surface area contributed by atoms with Crippen molar-refractivity contribution < 1.29 is 4.79 Å². The summed E-state index contributed by atoms with van der Waals surface area (Å²) in [4.78, 5) is 11.5. The van der Waals surface area contributed by atoms with Crippen LogP contribution in [0.25, 0.3) is 0 Å². The minimum atomic E-state index is 0.0479. The summed E-state index contributed by atoms with van der Waals surface area (Å²) in [6.07, 6.45) is 9.99. The molecule has 1 rings (SSSR count). The molecule has 1 saturated carbocycles. The Balaban J connectivity index is 2.12. The lowest BCUT2D eigenvalue weighted by Crippen LogP contribution is -2.44. The molecule has 1 amide bonds. The monoisotopic (exact) mass is 256 g/mol. The maximum absolute atomic E-state index is 11.5. The highest BCUT2D eigenvalue weighted by atomic mass is 32.1. The Kier molecular flexibility index (Phi) is 7.17. The average molecular weight is 256 g/mol. The molecule has 0 bridgehead atoms. The molecular weight excluding hydrogens is 232 g/mol. The standard InChI is InChI=1S/C13H24N2OS/c1-2-3-5-10-12(16)15-13(17)14-11-8-6-4-7-9-11/h11H,2-10H2,1H3,(H2,14,15,16,17). The van der Waals surface area contributed by atoms with E-state index in [1.54, 1.807) is 0 Å². The van der Waals surface area contributed by atoms with Gasteiger partial charge in [-0.2, -0.15) is 0 Å². The van der Waals surface area contributed by atoms with Crippen LogP contribution in [0.2, 0.25) is 0 Å². The zero-order valence-corrected chi connectivity index (χ0v) is 11.6. The molecule has 0 heterocycles. The second kappa shape index (κ2) is 8.45. The van der Waals surface area contributed by atoms with Crippen LogP contribution in [0, 0.1) is 0 Å². The summed E-state index contributed by atoms with van der Waals surface area (Å²) in [5, 5.41) is 6.52. The Morgan fingerprint density at radius 3 is 2.59 bits per heavy atom. The molecule has 98 valence electrons. The lowest BCUT2D eigenvalue weighted by molar-refractivity contribution is -0.119. The van der Waals surface area contributed by atoms with Gasteiger partial charge in [-0.25, -0.2) is 0 Å². The first-order valence-corrected chi connectivity index (χ1v) is 7.23. The number of amides is 1. The van der Waals surface area contributed by atoms with Crippen molar-refractivity contribution in [3.63, 3.8) is 0 Å². The van der Waals surface area contributed by atoms with Gasteiger partial charge in [0, 0.05) is 12.5 Å². The van der Waals surface area contributed by atoms with Crippen LogP contribution < -0.4 is 10.6 Å². The van der Waals surface area contributed by atoms with Crippen molar-refractivity contribution >= 4 is 23.2 Å². The van der Waals surface area contributed by atoms with Gasteiger partial charge in [0.15, 0.2) is 5.11 Å². The Labute approximate surface area is 110 Å². The van der Waals surface area contributed by atoms with E-state index in [1.807, 2.05) is 0 Å². The summed E-state index contributed by atoms with van der Waals surface area (Å²) in [7, 11) is 0. The fraction of sp³-hybridized carbons (Fsp3) is 0.846. The summed E-state index contributed by atoms with van der Waals surface area (Å²) in [6.45, 7) is 2.13. The van der Waals surface area contributed by atoms with Crippen LogP contribution in [0.1, 0.15) is 64.7 Å². The van der Waals surface area contributed by atoms with E-state index in [2.05, 4.69) is 17.6 Å². The molecular formula is C13H24N2OS. The van der Waals surface area contributed by atoms with E-state index in [-0.39, 0.29) is 5.91 Å². The SMILES string of the molecule is CCCCCC(=O)NC(=S)NC1CCCCC1. The maximum atomic E-state index is 11.5. The number of unbranched alkanes of at least 4 members (excludes halogenated alkanes) is 2. The molecule has 1 fully saturated rings. The molecule has 0 saturated heterocycles. The van der Waals surface area contributed by atoms with E-state index in [9.17, 15) is 4.79 Å². The van der Waals surface area contributed by atoms with Crippen LogP contribution >= 0.6 is 12.2 Å². The van der Waals surface area contributed by atoms with Crippen molar-refractivity contribution in [2.75, 3.05) is 0 Å². The number of hydrogen-bond acceptors (Lipinski definition) is 2. The smallest absolute Gasteiger partial charge is 0.226 e. The predicted octanol–water partition coefficient (Wildman–Crippen LogP) is 2.89. The first-order chi connectivity index (χ1) is 8.22. The molecule has 3 nitrogen and oxygen atoms in total. The topological polar surface area (TPSA) is 41.1 Å². The highest BCUT2D eigenvalue weighted by molar-refractivity contribution is 7.80. The zero-order chi connectivity index (χ0) is 12.5. The molecule has 0 spiro atoms. The highest BCUT2D eigenvalue weighted by Crippen LogP contribution is 2.17. The fourth-order valence-corrected chi connectivity index (χ4v) is 2.47. The van der Waals surface area contributed by atoms with E-state index < -0.39 is 0 Å². The van der Waals surface area contributed by atoms with Crippen LogP contribution in [0.15, 0.2) is 0 Å². The van der Waals surface area contributed by atoms with Gasteiger partial charge in [0.05, 0.1) is 0 Å². The minimum Gasteiger partial charge on any atom is -0.360 e. The Morgan fingerprint density at radius 1 is 1.24 bits per heavy atom. The molecule has 0 radical (unpaired) electrons. The van der Waals surface area contributed by atoms with Gasteiger partial charge in [0.1, 0.15) is 0 Å². The first-order valence-electron chi connectivity index (χ1n) is 6.82. The molecule has 1 aliphatic carbocycles. The average Bonchev–Trinajstić information content (AvgIpc) is 2.30. The Hall–Kier alpha value is -0.640. The van der Waals surface area contributed by atoms with E-state index >= 15 is 0 Å². The van der Waals surface area contributed by atoms with Crippen LogP contribution in [0.3, 0.4) is 0 Å². The van der Waals surface area contributed by atoms with Crippen molar-refractivity contribution in [2.45, 2.75) is 70.8 Å². The van der Waals surface area contributed by atoms with E-state index in [0.717, 1.165) is 19.3 Å². The van der Waals surface area contributed by atoms with Crippen LogP contribution in [-0.2, 0) is 4.79 Å². The lowest BCUT2D eigenvalue weighted by atomic mass is 9.96. The molecule has 0 atom stereocenters. The minimum absolute atomic E-state index is 0.0479. The van der Waals surface area contributed by atoms with Crippen molar-refractivity contribution in [3.05, 3.63) is 0 Å². The molecule has 4 heteroatoms. The third kappa shape index (κ3) is 6.61. The zero-order valence-electron chi connectivity index (χ0n) is 10.8. The van der Waals surface area contributed by atoms with E-state index in [1.165, 1.54) is 32.1 Å². The highest BCUT2D eigenvalue weighted by Gasteiger charge is 2.14. The van der Waals surface area contributed by atoms with E-state index in [4.69, 9.17) is 12.2 Å². The van der Waals surface area contributed by atoms with Crippen molar-refractivity contribution in [1.29, 1.82) is 0 Å². The molecule has 17 heavy (non-hydrogen) atoms. The normalized spacial score (nSPS) is 16.5. The quantitative estimate of drug-likeness (QED) is 0.587. The van der Waals surface area contributed by atoms with Gasteiger partial charge < -0.3 is 10.6 Å². The van der Waals surface area contributed by atoms with Gasteiger partial charge in [-0.3, -0.25) is 4.79 Å². The molecule has 1 aliphatic rings. The van der Waals surface area contributed by atoms with E-state index in [0.29, 0.717) is 17.6 Å². The number of nitrogens with one attached hydrogen (secondary N) is 2. The summed E-state index contributed by atoms with van der Waals surface area (Å²) in [5.41, 5.74) is 0. The van der Waals surface area contributed by atoms with Gasteiger partial charge in [-0.15, -0.1) is 0 Å². The molecule has 2 N–H and O–H groups in total. The largest absolute Gasteiger partial charge is 0.360 e. The number of thiocarbonyl (C=S) groups is 1. The number of rotatable bonds is 5. The maximum Gasteiger partial charge on any atom is 0.226 e. The fourth-order valence-electron chi connectivity index (χ4n) is 2.19. The summed E-state index contributed by atoms with van der Waals surface area (Å²) >= 11 is 5.15. The third-order valence-corrected chi connectivity index (χ3v) is 3.42. The second-order valence-electron chi connectivity index (χ2n) is 4.81. The van der Waals surface area contributed by atoms with Gasteiger partial charge in [0.25, 0.3) is 0 Å². The molecule has 0 aromatic rings. The Bertz CT molecular complexity index is 250. The van der Waals surface area contributed by atoms with Crippen LogP contribution in [0.4, 0.5) is 0 Å². The predicted molar refractivity (Wildman–Crippen MR) is 74.9 cm³/mol. The lowest BCUT2D eigenvalue weighted by Gasteiger charge is -2.24. The Morgan fingerprint density at radius 2 is 1.94 bits per heavy atom. The molecule has 0 aliphatic heterocycles. The first kappa shape index (κ1) is 14.4. The van der Waals surface area contributed by atoms with Crippen LogP contribution in [-0.4, -0.2) is 17.1 Å². The van der Waals surface area contributed by atoms with Gasteiger partial charge in [-0.1, -0.05) is 39.0 Å². The van der Waals surface area contributed by atoms with Crippen molar-refractivity contribution in [2.24, 2.45) is 0 Å². The number of hydrogen-bond donors (Lipinski definition) is 2. The number of carbonyl (C=O) groups is 1. The second-order valence-corrected chi connectivity index (χ2v) is 5.22. The number of carbonyl (C=O) groups excluding carboxylic acids is 1. The van der Waals surface area contributed by atoms with Gasteiger partial charge in [-0.05, 0) is 31.5 Å². The summed E-state index contributed by atoms with van der Waals surface area (Å²) in [6, 6.07) is 0.465. The molecule has 0 aromatic carbocycles. The van der Waals surface area contributed by atoms with Crippen molar-refractivity contribution in [1.82, 2.24) is 10.6 Å². The molecule has 0 aromatic heterocycles. The van der Waals surface area contributed by atoms with Gasteiger partial charge in [0.2, 0.25) is 5.91 Å². The van der Waals surface area contributed by atoms with Crippen LogP contribution in [0.5, 0.6) is 0 Å². The molecule has 0 unspecified atom stereocenters. The van der Waals surface area contributed by atoms with Gasteiger partial charge >= 0.3 is 0 Å². The third-order valence-electron chi connectivity index (χ3n) is 3.20. The summed E-state index contributed by atoms with van der Waals surface area (Å²) in [5.74, 6) is 0.0479.